The molecule has 1 saturated heterocycles. The minimum absolute atomic E-state index is 0.0608. The second kappa shape index (κ2) is 6.52. The van der Waals surface area contributed by atoms with E-state index in [1.54, 1.807) is 10.7 Å². The highest BCUT2D eigenvalue weighted by atomic mass is 16.2. The summed E-state index contributed by atoms with van der Waals surface area (Å²) < 4.78 is 1.77. The van der Waals surface area contributed by atoms with Gasteiger partial charge in [-0.25, -0.2) is 0 Å². The molecule has 0 saturated carbocycles. The molecule has 0 bridgehead atoms. The molecule has 19 heavy (non-hydrogen) atoms. The smallest absolute Gasteiger partial charge is 0.271 e. The highest BCUT2D eigenvalue weighted by molar-refractivity contribution is 5.92. The van der Waals surface area contributed by atoms with Crippen molar-refractivity contribution in [2.45, 2.75) is 32.4 Å². The molecule has 0 unspecified atom stereocenters. The third kappa shape index (κ3) is 3.67. The summed E-state index contributed by atoms with van der Waals surface area (Å²) in [6.45, 7) is 9.50. The predicted molar refractivity (Wildman–Crippen MR) is 75.0 cm³/mol. The molecule has 1 aromatic heterocycles. The Kier molecular flexibility index (Phi) is 4.74. The largest absolute Gasteiger partial charge is 0.348 e. The summed E-state index contributed by atoms with van der Waals surface area (Å²) in [4.78, 5) is 14.4. The SMILES string of the molecule is C=CCN1CCC(NC(=O)c2ccn(CC)n2)CC1. The van der Waals surface area contributed by atoms with Gasteiger partial charge in [-0.05, 0) is 25.8 Å². The molecule has 0 atom stereocenters. The average molecular weight is 262 g/mol. The lowest BCUT2D eigenvalue weighted by molar-refractivity contribution is 0.0908. The lowest BCUT2D eigenvalue weighted by Gasteiger charge is -2.31. The number of hydrogen-bond acceptors (Lipinski definition) is 3. The Morgan fingerprint density at radius 1 is 1.58 bits per heavy atom. The van der Waals surface area contributed by atoms with Gasteiger partial charge < -0.3 is 5.32 Å². The number of rotatable bonds is 5. The van der Waals surface area contributed by atoms with E-state index in [4.69, 9.17) is 0 Å². The van der Waals surface area contributed by atoms with Crippen molar-refractivity contribution in [1.82, 2.24) is 20.0 Å². The van der Waals surface area contributed by atoms with Gasteiger partial charge in [0.1, 0.15) is 5.69 Å². The van der Waals surface area contributed by atoms with Gasteiger partial charge in [-0.3, -0.25) is 14.4 Å². The van der Waals surface area contributed by atoms with Crippen molar-refractivity contribution in [2.75, 3.05) is 19.6 Å². The highest BCUT2D eigenvalue weighted by Crippen LogP contribution is 2.10. The molecule has 0 aliphatic carbocycles. The van der Waals surface area contributed by atoms with Gasteiger partial charge in [-0.15, -0.1) is 6.58 Å². The highest BCUT2D eigenvalue weighted by Gasteiger charge is 2.21. The van der Waals surface area contributed by atoms with Crippen molar-refractivity contribution in [3.05, 3.63) is 30.6 Å². The average Bonchev–Trinajstić information content (AvgIpc) is 2.90. The molecule has 1 aromatic rings. The van der Waals surface area contributed by atoms with E-state index in [1.165, 1.54) is 0 Å². The van der Waals surface area contributed by atoms with Crippen LogP contribution in [0.3, 0.4) is 0 Å². The molecule has 104 valence electrons. The lowest BCUT2D eigenvalue weighted by Crippen LogP contribution is -2.44. The lowest BCUT2D eigenvalue weighted by atomic mass is 10.0. The monoisotopic (exact) mass is 262 g/mol. The third-order valence-electron chi connectivity index (χ3n) is 3.51. The van der Waals surface area contributed by atoms with E-state index in [0.717, 1.165) is 39.0 Å². The first kappa shape index (κ1) is 13.8. The van der Waals surface area contributed by atoms with Gasteiger partial charge in [0.25, 0.3) is 5.91 Å². The predicted octanol–water partition coefficient (Wildman–Crippen LogP) is 1.28. The summed E-state index contributed by atoms with van der Waals surface area (Å²) >= 11 is 0. The third-order valence-corrected chi connectivity index (χ3v) is 3.51. The minimum Gasteiger partial charge on any atom is -0.348 e. The van der Waals surface area contributed by atoms with Crippen LogP contribution in [0.1, 0.15) is 30.3 Å². The van der Waals surface area contributed by atoms with E-state index in [0.29, 0.717) is 5.69 Å². The second-order valence-electron chi connectivity index (χ2n) is 4.89. The van der Waals surface area contributed by atoms with E-state index in [2.05, 4.69) is 21.9 Å². The molecular weight excluding hydrogens is 240 g/mol. The Labute approximate surface area is 114 Å². The first-order valence-corrected chi connectivity index (χ1v) is 6.90. The minimum atomic E-state index is -0.0608. The maximum absolute atomic E-state index is 12.0. The molecule has 1 aliphatic heterocycles. The standard InChI is InChI=1S/C14H22N4O/c1-3-8-17-9-5-12(6-10-17)15-14(19)13-7-11-18(4-2)16-13/h3,7,11-12H,1,4-6,8-10H2,2H3,(H,15,19). The summed E-state index contributed by atoms with van der Waals surface area (Å²) in [6, 6.07) is 2.03. The number of aryl methyl sites for hydroxylation is 1. The van der Waals surface area contributed by atoms with Gasteiger partial charge in [-0.2, -0.15) is 5.10 Å². The molecule has 0 aromatic carbocycles. The molecule has 0 spiro atoms. The van der Waals surface area contributed by atoms with Gasteiger partial charge in [0.2, 0.25) is 0 Å². The maximum Gasteiger partial charge on any atom is 0.271 e. The molecule has 2 heterocycles. The van der Waals surface area contributed by atoms with Crippen molar-refractivity contribution in [3.8, 4) is 0 Å². The summed E-state index contributed by atoms with van der Waals surface area (Å²) in [5.41, 5.74) is 0.510. The van der Waals surface area contributed by atoms with Crippen molar-refractivity contribution < 1.29 is 4.79 Å². The summed E-state index contributed by atoms with van der Waals surface area (Å²) in [7, 11) is 0. The van der Waals surface area contributed by atoms with E-state index < -0.39 is 0 Å². The van der Waals surface area contributed by atoms with Crippen molar-refractivity contribution in [3.63, 3.8) is 0 Å². The quantitative estimate of drug-likeness (QED) is 0.813. The van der Waals surface area contributed by atoms with Crippen LogP contribution in [-0.4, -0.2) is 46.3 Å². The fourth-order valence-electron chi connectivity index (χ4n) is 2.36. The van der Waals surface area contributed by atoms with Crippen molar-refractivity contribution in [1.29, 1.82) is 0 Å². The zero-order chi connectivity index (χ0) is 13.7. The summed E-state index contributed by atoms with van der Waals surface area (Å²) in [5, 5.41) is 7.29. The van der Waals surface area contributed by atoms with Crippen LogP contribution in [0.2, 0.25) is 0 Å². The normalized spacial score (nSPS) is 17.3. The van der Waals surface area contributed by atoms with Crippen LogP contribution in [0, 0.1) is 0 Å². The number of hydrogen-bond donors (Lipinski definition) is 1. The topological polar surface area (TPSA) is 50.2 Å². The molecule has 1 amide bonds. The van der Waals surface area contributed by atoms with Crippen LogP contribution in [0.5, 0.6) is 0 Å². The number of carbonyl (C=O) groups excluding carboxylic acids is 1. The zero-order valence-corrected chi connectivity index (χ0v) is 11.5. The van der Waals surface area contributed by atoms with Crippen LogP contribution in [-0.2, 0) is 6.54 Å². The summed E-state index contributed by atoms with van der Waals surface area (Å²) in [6.07, 6.45) is 5.75. The van der Waals surface area contributed by atoms with Crippen LogP contribution < -0.4 is 5.32 Å². The van der Waals surface area contributed by atoms with Gasteiger partial charge in [0.15, 0.2) is 0 Å². The van der Waals surface area contributed by atoms with E-state index in [-0.39, 0.29) is 11.9 Å². The first-order chi connectivity index (χ1) is 9.22. The molecule has 5 heteroatoms. The van der Waals surface area contributed by atoms with E-state index >= 15 is 0 Å². The fourth-order valence-corrected chi connectivity index (χ4v) is 2.36. The van der Waals surface area contributed by atoms with Crippen LogP contribution >= 0.6 is 0 Å². The fraction of sp³-hybridized carbons (Fsp3) is 0.571. The number of piperidine rings is 1. The first-order valence-electron chi connectivity index (χ1n) is 6.90. The van der Waals surface area contributed by atoms with Crippen LogP contribution in [0.25, 0.3) is 0 Å². The number of likely N-dealkylation sites (tertiary alicyclic amines) is 1. The van der Waals surface area contributed by atoms with E-state index in [1.807, 2.05) is 19.2 Å². The Morgan fingerprint density at radius 3 is 2.89 bits per heavy atom. The Morgan fingerprint density at radius 2 is 2.32 bits per heavy atom. The zero-order valence-electron chi connectivity index (χ0n) is 11.5. The van der Waals surface area contributed by atoms with Crippen LogP contribution in [0.4, 0.5) is 0 Å². The van der Waals surface area contributed by atoms with Gasteiger partial charge in [0, 0.05) is 38.4 Å². The maximum atomic E-state index is 12.0. The van der Waals surface area contributed by atoms with Gasteiger partial charge >= 0.3 is 0 Å². The van der Waals surface area contributed by atoms with Crippen LogP contribution in [0.15, 0.2) is 24.9 Å². The second-order valence-corrected chi connectivity index (χ2v) is 4.89. The van der Waals surface area contributed by atoms with Crippen molar-refractivity contribution >= 4 is 5.91 Å². The molecule has 1 N–H and O–H groups in total. The van der Waals surface area contributed by atoms with Crippen molar-refractivity contribution in [2.24, 2.45) is 0 Å². The molecule has 1 aliphatic rings. The number of amides is 1. The number of nitrogens with one attached hydrogen (secondary N) is 1. The number of carbonyl (C=O) groups is 1. The van der Waals surface area contributed by atoms with Gasteiger partial charge in [-0.1, -0.05) is 6.08 Å². The molecule has 0 radical (unpaired) electrons. The molecule has 5 nitrogen and oxygen atoms in total. The Balaban J connectivity index is 1.82. The number of aromatic nitrogens is 2. The summed E-state index contributed by atoms with van der Waals surface area (Å²) in [5.74, 6) is -0.0608. The molecule has 2 rings (SSSR count). The Hall–Kier alpha value is -1.62. The molecular formula is C14H22N4O. The number of nitrogens with zero attached hydrogens (tertiary/aromatic N) is 3. The van der Waals surface area contributed by atoms with E-state index in [9.17, 15) is 4.79 Å². The van der Waals surface area contributed by atoms with Gasteiger partial charge in [0.05, 0.1) is 0 Å². The Bertz CT molecular complexity index is 432. The molecule has 1 fully saturated rings.